The monoisotopic (exact) mass is 315 g/mol. The molecule has 1 aromatic heterocycles. The molecule has 2 heteroatoms. The van der Waals surface area contributed by atoms with Crippen molar-refractivity contribution < 1.29 is 4.52 Å². The van der Waals surface area contributed by atoms with Gasteiger partial charge in [0, 0.05) is 16.7 Å². The highest BCUT2D eigenvalue weighted by atomic mass is 16.5. The third-order valence-electron chi connectivity index (χ3n) is 4.81. The van der Waals surface area contributed by atoms with E-state index in [0.29, 0.717) is 0 Å². The molecule has 1 aliphatic carbocycles. The van der Waals surface area contributed by atoms with Gasteiger partial charge in [0.05, 0.1) is 0 Å². The predicted molar refractivity (Wildman–Crippen MR) is 98.9 cm³/mol. The van der Waals surface area contributed by atoms with Crippen LogP contribution in [0, 0.1) is 0 Å². The number of aromatic nitrogens is 1. The molecule has 0 radical (unpaired) electrons. The first-order valence-electron chi connectivity index (χ1n) is 8.63. The van der Waals surface area contributed by atoms with E-state index in [2.05, 4.69) is 61.1 Å². The van der Waals surface area contributed by atoms with Crippen molar-refractivity contribution >= 4 is 6.08 Å². The van der Waals surface area contributed by atoms with Crippen LogP contribution in [0.25, 0.3) is 28.7 Å². The molecule has 1 aliphatic rings. The van der Waals surface area contributed by atoms with Gasteiger partial charge < -0.3 is 4.52 Å². The van der Waals surface area contributed by atoms with Gasteiger partial charge in [-0.05, 0) is 36.0 Å². The average Bonchev–Trinajstić information content (AvgIpc) is 3.06. The first kappa shape index (κ1) is 14.9. The summed E-state index contributed by atoms with van der Waals surface area (Å²) in [6.07, 6.45) is 6.17. The third kappa shape index (κ3) is 2.48. The average molecular weight is 315 g/mol. The van der Waals surface area contributed by atoms with Gasteiger partial charge in [-0.15, -0.1) is 0 Å². The van der Waals surface area contributed by atoms with Crippen molar-refractivity contribution in [1.29, 1.82) is 0 Å². The predicted octanol–water partition coefficient (Wildman–Crippen LogP) is 5.70. The van der Waals surface area contributed by atoms with E-state index < -0.39 is 0 Å². The molecule has 4 rings (SSSR count). The maximum atomic E-state index is 5.74. The number of hydrogen-bond donors (Lipinski definition) is 0. The second-order valence-electron chi connectivity index (χ2n) is 6.41. The Morgan fingerprint density at radius 2 is 1.96 bits per heavy atom. The highest BCUT2D eigenvalue weighted by Crippen LogP contribution is 2.39. The van der Waals surface area contributed by atoms with Crippen LogP contribution >= 0.6 is 0 Å². The molecule has 2 nitrogen and oxygen atoms in total. The van der Waals surface area contributed by atoms with Crippen LogP contribution in [0.3, 0.4) is 0 Å². The molecule has 0 saturated heterocycles. The third-order valence-corrected chi connectivity index (χ3v) is 4.81. The maximum absolute atomic E-state index is 5.74. The van der Waals surface area contributed by atoms with Crippen LogP contribution in [0.15, 0.2) is 53.6 Å². The number of aryl methyl sites for hydroxylation is 2. The van der Waals surface area contributed by atoms with E-state index >= 15 is 0 Å². The molecule has 1 heterocycles. The standard InChI is InChI=1S/C22H21NO/c1-3-5-16-6-9-17(10-7-16)21-20-13-11-18-14-15(4-2)8-12-19(18)22(20)24-23-21/h4,6-10,12,14H,2-3,5,11,13H2,1H3. The Balaban J connectivity index is 1.74. The Hall–Kier alpha value is -2.61. The highest BCUT2D eigenvalue weighted by Gasteiger charge is 2.25. The normalized spacial score (nSPS) is 12.5. The van der Waals surface area contributed by atoms with Crippen molar-refractivity contribution in [3.8, 4) is 22.6 Å². The Bertz CT molecular complexity index is 887. The Kier molecular flexibility index (Phi) is 3.81. The van der Waals surface area contributed by atoms with Crippen LogP contribution < -0.4 is 0 Å². The quantitative estimate of drug-likeness (QED) is 0.617. The minimum atomic E-state index is 0.930. The maximum Gasteiger partial charge on any atom is 0.170 e. The van der Waals surface area contributed by atoms with Crippen LogP contribution in [0.1, 0.15) is 35.6 Å². The van der Waals surface area contributed by atoms with E-state index in [4.69, 9.17) is 4.52 Å². The first-order chi connectivity index (χ1) is 11.8. The number of benzene rings is 2. The fourth-order valence-electron chi connectivity index (χ4n) is 3.53. The number of fused-ring (bicyclic) bond motifs is 3. The summed E-state index contributed by atoms with van der Waals surface area (Å²) in [7, 11) is 0. The van der Waals surface area contributed by atoms with Gasteiger partial charge in [0.15, 0.2) is 5.76 Å². The van der Waals surface area contributed by atoms with E-state index in [-0.39, 0.29) is 0 Å². The van der Waals surface area contributed by atoms with Gasteiger partial charge in [0.25, 0.3) is 0 Å². The van der Waals surface area contributed by atoms with Gasteiger partial charge in [-0.3, -0.25) is 0 Å². The molecule has 0 N–H and O–H groups in total. The molecule has 0 amide bonds. The molecule has 3 aromatic rings. The molecule has 0 atom stereocenters. The van der Waals surface area contributed by atoms with Crippen LogP contribution in [0.5, 0.6) is 0 Å². The van der Waals surface area contributed by atoms with Gasteiger partial charge in [0.2, 0.25) is 0 Å². The molecule has 0 fully saturated rings. The molecular weight excluding hydrogens is 294 g/mol. The first-order valence-corrected chi connectivity index (χ1v) is 8.63. The molecule has 2 aromatic carbocycles. The molecule has 0 unspecified atom stereocenters. The highest BCUT2D eigenvalue weighted by molar-refractivity contribution is 5.77. The lowest BCUT2D eigenvalue weighted by Gasteiger charge is -2.15. The molecule has 0 spiro atoms. The van der Waals surface area contributed by atoms with E-state index in [9.17, 15) is 0 Å². The lowest BCUT2D eigenvalue weighted by molar-refractivity contribution is 0.433. The summed E-state index contributed by atoms with van der Waals surface area (Å²) >= 11 is 0. The van der Waals surface area contributed by atoms with Crippen molar-refractivity contribution in [2.24, 2.45) is 0 Å². The van der Waals surface area contributed by atoms with Crippen LogP contribution in [0.4, 0.5) is 0 Å². The second kappa shape index (κ2) is 6.12. The lowest BCUT2D eigenvalue weighted by atomic mass is 9.87. The van der Waals surface area contributed by atoms with E-state index in [1.807, 2.05) is 6.08 Å². The Labute approximate surface area is 142 Å². The minimum absolute atomic E-state index is 0.930. The second-order valence-corrected chi connectivity index (χ2v) is 6.41. The smallest absolute Gasteiger partial charge is 0.170 e. The summed E-state index contributed by atoms with van der Waals surface area (Å²) in [4.78, 5) is 0. The van der Waals surface area contributed by atoms with Gasteiger partial charge in [0.1, 0.15) is 5.69 Å². The lowest BCUT2D eigenvalue weighted by Crippen LogP contribution is -2.03. The largest absolute Gasteiger partial charge is 0.355 e. The zero-order chi connectivity index (χ0) is 16.5. The number of hydrogen-bond acceptors (Lipinski definition) is 2. The minimum Gasteiger partial charge on any atom is -0.355 e. The molecule has 0 saturated carbocycles. The zero-order valence-electron chi connectivity index (χ0n) is 14.0. The van der Waals surface area contributed by atoms with Crippen LogP contribution in [0.2, 0.25) is 0 Å². The number of rotatable bonds is 4. The van der Waals surface area contributed by atoms with Gasteiger partial charge in [-0.2, -0.15) is 0 Å². The van der Waals surface area contributed by atoms with Crippen molar-refractivity contribution in [1.82, 2.24) is 5.16 Å². The van der Waals surface area contributed by atoms with E-state index in [0.717, 1.165) is 41.8 Å². The summed E-state index contributed by atoms with van der Waals surface area (Å²) in [5.41, 5.74) is 8.39. The van der Waals surface area contributed by atoms with Crippen molar-refractivity contribution in [2.75, 3.05) is 0 Å². The molecule has 0 aliphatic heterocycles. The molecule has 120 valence electrons. The topological polar surface area (TPSA) is 26.0 Å². The van der Waals surface area contributed by atoms with E-state index in [1.54, 1.807) is 0 Å². The molecule has 24 heavy (non-hydrogen) atoms. The molecule has 0 bridgehead atoms. The SMILES string of the molecule is C=Cc1ccc2c(c1)CCc1c(-c3ccc(CCC)cc3)noc1-2. The van der Waals surface area contributed by atoms with Crippen molar-refractivity contribution in [3.63, 3.8) is 0 Å². The van der Waals surface area contributed by atoms with Gasteiger partial charge >= 0.3 is 0 Å². The fraction of sp³-hybridized carbons (Fsp3) is 0.227. The zero-order valence-corrected chi connectivity index (χ0v) is 14.0. The van der Waals surface area contributed by atoms with Gasteiger partial charge in [-0.1, -0.05) is 73.6 Å². The summed E-state index contributed by atoms with van der Waals surface area (Å²) < 4.78 is 5.74. The summed E-state index contributed by atoms with van der Waals surface area (Å²) in [6.45, 7) is 6.06. The van der Waals surface area contributed by atoms with Crippen molar-refractivity contribution in [3.05, 3.63) is 71.3 Å². The van der Waals surface area contributed by atoms with Gasteiger partial charge in [-0.25, -0.2) is 0 Å². The number of nitrogens with zero attached hydrogens (tertiary/aromatic N) is 1. The van der Waals surface area contributed by atoms with E-state index in [1.165, 1.54) is 28.7 Å². The Morgan fingerprint density at radius 3 is 2.71 bits per heavy atom. The summed E-state index contributed by atoms with van der Waals surface area (Å²) in [5, 5.41) is 4.39. The molecular formula is C22H21NO. The van der Waals surface area contributed by atoms with Crippen LogP contribution in [-0.4, -0.2) is 5.16 Å². The summed E-state index contributed by atoms with van der Waals surface area (Å²) in [6, 6.07) is 15.2. The fourth-order valence-corrected chi connectivity index (χ4v) is 3.53. The van der Waals surface area contributed by atoms with Crippen molar-refractivity contribution in [2.45, 2.75) is 32.6 Å². The van der Waals surface area contributed by atoms with Crippen LogP contribution in [-0.2, 0) is 19.3 Å². The Morgan fingerprint density at radius 1 is 1.12 bits per heavy atom. The summed E-state index contributed by atoms with van der Waals surface area (Å²) in [5.74, 6) is 0.930.